The zero-order valence-electron chi connectivity index (χ0n) is 10.4. The number of hydrogen-bond acceptors (Lipinski definition) is 2. The highest BCUT2D eigenvalue weighted by Gasteiger charge is 2.49. The minimum atomic E-state index is -0.347. The molecular weight excluding hydrogens is 198 g/mol. The van der Waals surface area contributed by atoms with Crippen molar-refractivity contribution in [3.8, 4) is 0 Å². The summed E-state index contributed by atoms with van der Waals surface area (Å²) in [4.78, 5) is 0. The molecule has 4 saturated carbocycles. The lowest BCUT2D eigenvalue weighted by atomic mass is 9.50. The van der Waals surface area contributed by atoms with Crippen LogP contribution in [0.25, 0.3) is 0 Å². The zero-order valence-corrected chi connectivity index (χ0v) is 10.4. The Morgan fingerprint density at radius 3 is 2.00 bits per heavy atom. The summed E-state index contributed by atoms with van der Waals surface area (Å²) >= 11 is 0. The third-order valence-electron chi connectivity index (χ3n) is 5.49. The van der Waals surface area contributed by atoms with E-state index in [0.29, 0.717) is 0 Å². The molecule has 0 amide bonds. The molecule has 2 nitrogen and oxygen atoms in total. The molecule has 0 aromatic heterocycles. The van der Waals surface area contributed by atoms with E-state index >= 15 is 0 Å². The minimum absolute atomic E-state index is 0.135. The second-order valence-corrected chi connectivity index (χ2v) is 7.11. The van der Waals surface area contributed by atoms with E-state index in [2.05, 4.69) is 0 Å². The predicted octanol–water partition coefficient (Wildman–Crippen LogP) is 2.16. The van der Waals surface area contributed by atoms with Crippen LogP contribution in [0.15, 0.2) is 0 Å². The van der Waals surface area contributed by atoms with Crippen molar-refractivity contribution < 1.29 is 5.11 Å². The molecule has 4 bridgehead atoms. The third-order valence-corrected chi connectivity index (χ3v) is 5.49. The number of hydrogen-bond donors (Lipinski definition) is 2. The lowest BCUT2D eigenvalue weighted by molar-refractivity contribution is -0.0499. The van der Waals surface area contributed by atoms with Crippen LogP contribution in [0.4, 0.5) is 0 Å². The molecule has 1 unspecified atom stereocenters. The van der Waals surface area contributed by atoms with Gasteiger partial charge < -0.3 is 10.8 Å². The average Bonchev–Trinajstić information content (AvgIpc) is 2.22. The Morgan fingerprint density at radius 1 is 1.06 bits per heavy atom. The summed E-state index contributed by atoms with van der Waals surface area (Å²) in [5.41, 5.74) is 5.80. The maximum Gasteiger partial charge on any atom is 0.0608 e. The fourth-order valence-electron chi connectivity index (χ4n) is 4.97. The summed E-state index contributed by atoms with van der Waals surface area (Å²) in [5, 5.41) is 9.32. The molecule has 1 atom stereocenters. The number of aliphatic hydroxyl groups excluding tert-OH is 1. The molecule has 2 heteroatoms. The Labute approximate surface area is 98.6 Å². The molecule has 0 heterocycles. The van der Waals surface area contributed by atoms with Gasteiger partial charge in [-0.2, -0.15) is 0 Å². The first-order valence-corrected chi connectivity index (χ1v) is 6.97. The molecule has 0 aromatic carbocycles. The topological polar surface area (TPSA) is 46.2 Å². The molecule has 3 N–H and O–H groups in total. The lowest BCUT2D eigenvalue weighted by Crippen LogP contribution is -2.50. The van der Waals surface area contributed by atoms with Gasteiger partial charge in [0.25, 0.3) is 0 Å². The monoisotopic (exact) mass is 223 g/mol. The maximum absolute atomic E-state index is 9.32. The number of rotatable bonds is 3. The van der Waals surface area contributed by atoms with Gasteiger partial charge in [-0.15, -0.1) is 0 Å². The summed E-state index contributed by atoms with van der Waals surface area (Å²) in [5.74, 6) is 4.76. The number of aliphatic hydroxyl groups is 1. The van der Waals surface area contributed by atoms with Gasteiger partial charge in [0, 0.05) is 5.54 Å². The SMILES string of the molecule is CC(N)(CO)CC1C2CC3CC(C2)CC1C3. The van der Waals surface area contributed by atoms with E-state index in [1.165, 1.54) is 32.1 Å². The molecule has 4 aliphatic rings. The summed E-state index contributed by atoms with van der Waals surface area (Å²) in [7, 11) is 0. The molecular formula is C14H25NO. The van der Waals surface area contributed by atoms with Crippen molar-refractivity contribution in [1.82, 2.24) is 0 Å². The highest BCUT2D eigenvalue weighted by molar-refractivity contribution is 5.00. The van der Waals surface area contributed by atoms with E-state index in [-0.39, 0.29) is 12.1 Å². The van der Waals surface area contributed by atoms with E-state index in [0.717, 1.165) is 36.0 Å². The van der Waals surface area contributed by atoms with E-state index in [4.69, 9.17) is 5.73 Å². The molecule has 16 heavy (non-hydrogen) atoms. The van der Waals surface area contributed by atoms with Gasteiger partial charge >= 0.3 is 0 Å². The first-order valence-electron chi connectivity index (χ1n) is 6.97. The van der Waals surface area contributed by atoms with Crippen molar-refractivity contribution >= 4 is 0 Å². The molecule has 4 aliphatic carbocycles. The fraction of sp³-hybridized carbons (Fsp3) is 1.00. The van der Waals surface area contributed by atoms with Crippen molar-refractivity contribution in [3.63, 3.8) is 0 Å². The van der Waals surface area contributed by atoms with Gasteiger partial charge in [-0.1, -0.05) is 0 Å². The molecule has 0 spiro atoms. The van der Waals surface area contributed by atoms with Crippen molar-refractivity contribution in [2.24, 2.45) is 35.3 Å². The van der Waals surface area contributed by atoms with Gasteiger partial charge in [0.05, 0.1) is 6.61 Å². The summed E-state index contributed by atoms with van der Waals surface area (Å²) < 4.78 is 0. The van der Waals surface area contributed by atoms with E-state index in [9.17, 15) is 5.11 Å². The van der Waals surface area contributed by atoms with E-state index < -0.39 is 0 Å². The van der Waals surface area contributed by atoms with Crippen LogP contribution in [-0.4, -0.2) is 17.3 Å². The quantitative estimate of drug-likeness (QED) is 0.770. The first-order chi connectivity index (χ1) is 7.57. The van der Waals surface area contributed by atoms with Gasteiger partial charge in [-0.3, -0.25) is 0 Å². The molecule has 4 fully saturated rings. The van der Waals surface area contributed by atoms with Crippen LogP contribution in [0.5, 0.6) is 0 Å². The van der Waals surface area contributed by atoms with Crippen LogP contribution in [0.2, 0.25) is 0 Å². The molecule has 0 saturated heterocycles. The summed E-state index contributed by atoms with van der Waals surface area (Å²) in [6.45, 7) is 2.15. The van der Waals surface area contributed by atoms with Crippen LogP contribution in [-0.2, 0) is 0 Å². The standard InChI is InChI=1S/C14H25NO/c1-14(15,8-16)7-13-11-3-9-2-10(5-11)6-12(13)4-9/h9-13,16H,2-8,15H2,1H3. The van der Waals surface area contributed by atoms with Gasteiger partial charge in [-0.05, 0) is 75.0 Å². The van der Waals surface area contributed by atoms with Crippen LogP contribution in [0.1, 0.15) is 45.4 Å². The molecule has 0 radical (unpaired) electrons. The second kappa shape index (κ2) is 3.71. The second-order valence-electron chi connectivity index (χ2n) is 7.11. The fourth-order valence-corrected chi connectivity index (χ4v) is 4.97. The normalized spacial score (nSPS) is 49.3. The Morgan fingerprint density at radius 2 is 1.56 bits per heavy atom. The Kier molecular flexibility index (Phi) is 2.56. The van der Waals surface area contributed by atoms with Gasteiger partial charge in [-0.25, -0.2) is 0 Å². The van der Waals surface area contributed by atoms with Crippen LogP contribution in [0.3, 0.4) is 0 Å². The van der Waals surface area contributed by atoms with Gasteiger partial charge in [0.1, 0.15) is 0 Å². The predicted molar refractivity (Wildman–Crippen MR) is 64.8 cm³/mol. The average molecular weight is 223 g/mol. The van der Waals surface area contributed by atoms with Gasteiger partial charge in [0.2, 0.25) is 0 Å². The van der Waals surface area contributed by atoms with E-state index in [1.807, 2.05) is 6.92 Å². The number of nitrogens with two attached hydrogens (primary N) is 1. The van der Waals surface area contributed by atoms with Crippen molar-refractivity contribution in [1.29, 1.82) is 0 Å². The lowest BCUT2D eigenvalue weighted by Gasteiger charge is -2.55. The van der Waals surface area contributed by atoms with Crippen molar-refractivity contribution in [2.75, 3.05) is 6.61 Å². The van der Waals surface area contributed by atoms with Crippen LogP contribution < -0.4 is 5.73 Å². The third kappa shape index (κ3) is 1.80. The van der Waals surface area contributed by atoms with Crippen LogP contribution in [0, 0.1) is 29.6 Å². The zero-order chi connectivity index (χ0) is 11.3. The van der Waals surface area contributed by atoms with E-state index in [1.54, 1.807) is 0 Å². The highest BCUT2D eigenvalue weighted by Crippen LogP contribution is 2.57. The highest BCUT2D eigenvalue weighted by atomic mass is 16.3. The largest absolute Gasteiger partial charge is 0.394 e. The van der Waals surface area contributed by atoms with Crippen molar-refractivity contribution in [2.45, 2.75) is 51.0 Å². The Hall–Kier alpha value is -0.0800. The Bertz CT molecular complexity index is 246. The molecule has 4 rings (SSSR count). The summed E-state index contributed by atoms with van der Waals surface area (Å²) in [6.07, 6.45) is 8.38. The summed E-state index contributed by atoms with van der Waals surface area (Å²) in [6, 6.07) is 0. The molecule has 92 valence electrons. The smallest absolute Gasteiger partial charge is 0.0608 e. The Balaban J connectivity index is 1.72. The minimum Gasteiger partial charge on any atom is -0.394 e. The molecule has 0 aromatic rings. The van der Waals surface area contributed by atoms with Gasteiger partial charge in [0.15, 0.2) is 0 Å². The maximum atomic E-state index is 9.32. The molecule has 0 aliphatic heterocycles. The van der Waals surface area contributed by atoms with Crippen molar-refractivity contribution in [3.05, 3.63) is 0 Å². The van der Waals surface area contributed by atoms with Crippen LogP contribution >= 0.6 is 0 Å². The first kappa shape index (κ1) is 11.0.